The van der Waals surface area contributed by atoms with E-state index in [1.165, 1.54) is 7.11 Å². The van der Waals surface area contributed by atoms with Crippen molar-refractivity contribution in [2.24, 2.45) is 11.7 Å². The second-order valence-corrected chi connectivity index (χ2v) is 5.77. The molecule has 0 radical (unpaired) electrons. The molecule has 2 N–H and O–H groups in total. The lowest BCUT2D eigenvalue weighted by Gasteiger charge is -2.11. The molecular formula is C8H15NO4S. The predicted molar refractivity (Wildman–Crippen MR) is 51.4 cm³/mol. The molecule has 0 aromatic rings. The lowest BCUT2D eigenvalue weighted by Crippen LogP contribution is -2.29. The molecule has 0 aromatic carbocycles. The number of rotatable bonds is 3. The van der Waals surface area contributed by atoms with Gasteiger partial charge in [0.1, 0.15) is 0 Å². The minimum Gasteiger partial charge on any atom is -0.469 e. The van der Waals surface area contributed by atoms with Crippen LogP contribution in [0.15, 0.2) is 0 Å². The van der Waals surface area contributed by atoms with E-state index >= 15 is 0 Å². The second kappa shape index (κ2) is 4.27. The maximum absolute atomic E-state index is 11.2. The van der Waals surface area contributed by atoms with E-state index in [4.69, 9.17) is 5.73 Å². The Morgan fingerprint density at radius 3 is 2.57 bits per heavy atom. The van der Waals surface area contributed by atoms with Crippen molar-refractivity contribution >= 4 is 15.8 Å². The van der Waals surface area contributed by atoms with Gasteiger partial charge in [0.25, 0.3) is 0 Å². The SMILES string of the molecule is COC(=O)CC[C@H]1CS(=O)(=O)C[C@H]1N. The van der Waals surface area contributed by atoms with E-state index in [0.29, 0.717) is 6.42 Å². The average Bonchev–Trinajstić information content (AvgIpc) is 2.35. The minimum atomic E-state index is -2.98. The lowest BCUT2D eigenvalue weighted by atomic mass is 9.99. The van der Waals surface area contributed by atoms with Gasteiger partial charge in [0.2, 0.25) is 0 Å². The average molecular weight is 221 g/mol. The van der Waals surface area contributed by atoms with Gasteiger partial charge in [0, 0.05) is 12.5 Å². The van der Waals surface area contributed by atoms with Gasteiger partial charge in [-0.25, -0.2) is 8.42 Å². The predicted octanol–water partition coefficient (Wildman–Crippen LogP) is -0.688. The zero-order valence-corrected chi connectivity index (χ0v) is 8.92. The summed E-state index contributed by atoms with van der Waals surface area (Å²) >= 11 is 0. The van der Waals surface area contributed by atoms with E-state index in [-0.39, 0.29) is 35.9 Å². The van der Waals surface area contributed by atoms with Crippen molar-refractivity contribution in [1.29, 1.82) is 0 Å². The van der Waals surface area contributed by atoms with Gasteiger partial charge in [-0.3, -0.25) is 4.79 Å². The summed E-state index contributed by atoms with van der Waals surface area (Å²) in [5.74, 6) is -0.273. The fourth-order valence-electron chi connectivity index (χ4n) is 1.65. The number of carbonyl (C=O) groups excluding carboxylic acids is 1. The normalized spacial score (nSPS) is 30.1. The molecule has 0 aliphatic carbocycles. The van der Waals surface area contributed by atoms with Gasteiger partial charge in [-0.2, -0.15) is 0 Å². The Labute approximate surface area is 83.5 Å². The van der Waals surface area contributed by atoms with E-state index in [2.05, 4.69) is 4.74 Å². The Bertz CT molecular complexity index is 311. The highest BCUT2D eigenvalue weighted by atomic mass is 32.2. The first-order valence-corrected chi connectivity index (χ1v) is 6.29. The van der Waals surface area contributed by atoms with E-state index in [0.717, 1.165) is 0 Å². The number of esters is 1. The van der Waals surface area contributed by atoms with Crippen molar-refractivity contribution in [3.05, 3.63) is 0 Å². The minimum absolute atomic E-state index is 0.0405. The second-order valence-electron chi connectivity index (χ2n) is 3.62. The number of hydrogen-bond acceptors (Lipinski definition) is 5. The molecular weight excluding hydrogens is 206 g/mol. The summed E-state index contributed by atoms with van der Waals surface area (Å²) in [6.45, 7) is 0. The molecule has 2 atom stereocenters. The molecule has 5 nitrogen and oxygen atoms in total. The first-order chi connectivity index (χ1) is 6.44. The Balaban J connectivity index is 2.44. The summed E-state index contributed by atoms with van der Waals surface area (Å²) < 4.78 is 26.8. The third-order valence-electron chi connectivity index (χ3n) is 2.47. The summed E-state index contributed by atoms with van der Waals surface area (Å²) in [7, 11) is -1.66. The summed E-state index contributed by atoms with van der Waals surface area (Å²) in [5, 5.41) is 0. The van der Waals surface area contributed by atoms with Crippen LogP contribution in [0.25, 0.3) is 0 Å². The van der Waals surface area contributed by atoms with Gasteiger partial charge in [-0.15, -0.1) is 0 Å². The zero-order valence-electron chi connectivity index (χ0n) is 8.10. The van der Waals surface area contributed by atoms with Crippen molar-refractivity contribution in [2.75, 3.05) is 18.6 Å². The van der Waals surface area contributed by atoms with Crippen LogP contribution in [0.1, 0.15) is 12.8 Å². The zero-order chi connectivity index (χ0) is 10.8. The standard InChI is InChI=1S/C8H15NO4S/c1-13-8(10)3-2-6-4-14(11,12)5-7(6)9/h6-7H,2-5,9H2,1H3/t6-,7+/m0/s1. The Morgan fingerprint density at radius 2 is 2.14 bits per heavy atom. The molecule has 82 valence electrons. The van der Waals surface area contributed by atoms with Gasteiger partial charge in [0.15, 0.2) is 9.84 Å². The first-order valence-electron chi connectivity index (χ1n) is 4.47. The van der Waals surface area contributed by atoms with Crippen LogP contribution in [0.3, 0.4) is 0 Å². The van der Waals surface area contributed by atoms with Gasteiger partial charge in [-0.05, 0) is 12.3 Å². The number of sulfone groups is 1. The molecule has 1 saturated heterocycles. The molecule has 0 spiro atoms. The summed E-state index contributed by atoms with van der Waals surface area (Å²) in [5.41, 5.74) is 5.65. The molecule has 6 heteroatoms. The number of nitrogens with two attached hydrogens (primary N) is 1. The van der Waals surface area contributed by atoms with Crippen LogP contribution in [0, 0.1) is 5.92 Å². The largest absolute Gasteiger partial charge is 0.469 e. The Hall–Kier alpha value is -0.620. The van der Waals surface area contributed by atoms with Crippen molar-refractivity contribution in [3.8, 4) is 0 Å². The maximum atomic E-state index is 11.2. The van der Waals surface area contributed by atoms with Crippen LogP contribution in [-0.4, -0.2) is 39.0 Å². The summed E-state index contributed by atoms with van der Waals surface area (Å²) in [4.78, 5) is 10.8. The summed E-state index contributed by atoms with van der Waals surface area (Å²) in [6, 6.07) is -0.329. The summed E-state index contributed by atoms with van der Waals surface area (Å²) in [6.07, 6.45) is 0.734. The van der Waals surface area contributed by atoms with Crippen molar-refractivity contribution in [2.45, 2.75) is 18.9 Å². The Kier molecular flexibility index (Phi) is 3.49. The van der Waals surface area contributed by atoms with Gasteiger partial charge >= 0.3 is 5.97 Å². The maximum Gasteiger partial charge on any atom is 0.305 e. The fraction of sp³-hybridized carbons (Fsp3) is 0.875. The molecule has 0 amide bonds. The van der Waals surface area contributed by atoms with Crippen LogP contribution in [0.2, 0.25) is 0 Å². The monoisotopic (exact) mass is 221 g/mol. The molecule has 1 aliphatic rings. The van der Waals surface area contributed by atoms with E-state index in [9.17, 15) is 13.2 Å². The first kappa shape index (κ1) is 11.5. The molecule has 1 aliphatic heterocycles. The van der Waals surface area contributed by atoms with E-state index in [1.54, 1.807) is 0 Å². The topological polar surface area (TPSA) is 86.5 Å². The number of ether oxygens (including phenoxy) is 1. The van der Waals surface area contributed by atoms with Crippen LogP contribution in [-0.2, 0) is 19.4 Å². The van der Waals surface area contributed by atoms with Crippen molar-refractivity contribution in [3.63, 3.8) is 0 Å². The molecule has 14 heavy (non-hydrogen) atoms. The highest BCUT2D eigenvalue weighted by Gasteiger charge is 2.35. The molecule has 0 bridgehead atoms. The number of methoxy groups -OCH3 is 1. The van der Waals surface area contributed by atoms with Crippen molar-refractivity contribution in [1.82, 2.24) is 0 Å². The smallest absolute Gasteiger partial charge is 0.305 e. The molecule has 1 heterocycles. The van der Waals surface area contributed by atoms with Crippen LogP contribution in [0.4, 0.5) is 0 Å². The van der Waals surface area contributed by atoms with Gasteiger partial charge in [-0.1, -0.05) is 0 Å². The lowest BCUT2D eigenvalue weighted by molar-refractivity contribution is -0.140. The number of carbonyl (C=O) groups is 1. The number of hydrogen-bond donors (Lipinski definition) is 1. The third-order valence-corrected chi connectivity index (χ3v) is 4.30. The van der Waals surface area contributed by atoms with Crippen LogP contribution in [0.5, 0.6) is 0 Å². The Morgan fingerprint density at radius 1 is 1.50 bits per heavy atom. The molecule has 0 saturated carbocycles. The van der Waals surface area contributed by atoms with Crippen molar-refractivity contribution < 1.29 is 17.9 Å². The van der Waals surface area contributed by atoms with Gasteiger partial charge < -0.3 is 10.5 Å². The van der Waals surface area contributed by atoms with E-state index < -0.39 is 9.84 Å². The molecule has 0 unspecified atom stereocenters. The highest BCUT2D eigenvalue weighted by Crippen LogP contribution is 2.22. The van der Waals surface area contributed by atoms with Gasteiger partial charge in [0.05, 0.1) is 18.6 Å². The highest BCUT2D eigenvalue weighted by molar-refractivity contribution is 7.91. The molecule has 0 aromatic heterocycles. The van der Waals surface area contributed by atoms with Crippen LogP contribution < -0.4 is 5.73 Å². The fourth-order valence-corrected chi connectivity index (χ4v) is 3.71. The van der Waals surface area contributed by atoms with E-state index in [1.807, 2.05) is 0 Å². The molecule has 1 fully saturated rings. The third kappa shape index (κ3) is 2.95. The van der Waals surface area contributed by atoms with Crippen LogP contribution >= 0.6 is 0 Å². The quantitative estimate of drug-likeness (QED) is 0.637. The molecule has 1 rings (SSSR count).